The highest BCUT2D eigenvalue weighted by Gasteiger charge is 2.46. The minimum atomic E-state index is -1.79. The molecule has 1 aliphatic heterocycles. The Morgan fingerprint density at radius 1 is 0.815 bits per heavy atom. The number of ether oxygens (including phenoxy) is 3. The molecule has 0 saturated heterocycles. The lowest BCUT2D eigenvalue weighted by molar-refractivity contribution is -0.157. The second-order valence-electron chi connectivity index (χ2n) is 15.2. The van der Waals surface area contributed by atoms with Crippen LogP contribution in [0.25, 0.3) is 0 Å². The topological polar surface area (TPSA) is 175 Å². The summed E-state index contributed by atoms with van der Waals surface area (Å²) in [6, 6.07) is 11.1. The van der Waals surface area contributed by atoms with Gasteiger partial charge in [-0.2, -0.15) is 0 Å². The lowest BCUT2D eigenvalue weighted by Crippen LogP contribution is -2.54. The number of carbonyl (C=O) groups is 6. The zero-order valence-electron chi connectivity index (χ0n) is 31.8. The third-order valence-electron chi connectivity index (χ3n) is 7.73. The fourth-order valence-electron chi connectivity index (χ4n) is 5.33. The Hall–Kier alpha value is -4.46. The molecule has 3 atom stereocenters. The summed E-state index contributed by atoms with van der Waals surface area (Å²) < 4.78 is 16.0. The SMILES string of the molecule is CC(C)[C@H](NC(=O)CCC(=O)OC(C)(C)C)C1=CC(Cc2ccccc2)(C(=O)N[C@@H](CC(=O)OC(C)(C)C)C(=O)COC(=O)c2c(Cl)cccc2Cl)ON1. The van der Waals surface area contributed by atoms with Gasteiger partial charge >= 0.3 is 17.9 Å². The normalized spacial score (nSPS) is 16.7. The number of ketones is 1. The van der Waals surface area contributed by atoms with Crippen molar-refractivity contribution in [2.75, 3.05) is 6.61 Å². The van der Waals surface area contributed by atoms with Crippen molar-refractivity contribution in [3.63, 3.8) is 0 Å². The first-order chi connectivity index (χ1) is 25.1. The van der Waals surface area contributed by atoms with Crippen LogP contribution < -0.4 is 16.1 Å². The Morgan fingerprint density at radius 2 is 1.41 bits per heavy atom. The van der Waals surface area contributed by atoms with E-state index in [1.54, 1.807) is 71.9 Å². The summed E-state index contributed by atoms with van der Waals surface area (Å²) in [6.45, 7) is 13.0. The summed E-state index contributed by atoms with van der Waals surface area (Å²) in [5.41, 5.74) is 0.291. The summed E-state index contributed by atoms with van der Waals surface area (Å²) >= 11 is 12.3. The molecule has 0 saturated carbocycles. The Labute approximate surface area is 325 Å². The van der Waals surface area contributed by atoms with E-state index in [2.05, 4.69) is 16.1 Å². The predicted molar refractivity (Wildman–Crippen MR) is 201 cm³/mol. The van der Waals surface area contributed by atoms with Gasteiger partial charge in [0.05, 0.1) is 40.2 Å². The lowest BCUT2D eigenvalue weighted by atomic mass is 9.90. The van der Waals surface area contributed by atoms with Crippen LogP contribution in [0.3, 0.4) is 0 Å². The smallest absolute Gasteiger partial charge is 0.341 e. The molecule has 0 bridgehead atoms. The largest absolute Gasteiger partial charge is 0.460 e. The highest BCUT2D eigenvalue weighted by atomic mass is 35.5. The number of rotatable bonds is 16. The Morgan fingerprint density at radius 3 is 1.98 bits per heavy atom. The van der Waals surface area contributed by atoms with Crippen molar-refractivity contribution in [1.29, 1.82) is 0 Å². The number of hydrogen-bond acceptors (Lipinski definition) is 11. The van der Waals surface area contributed by atoms with Crippen LogP contribution in [-0.2, 0) is 49.4 Å². The zero-order valence-corrected chi connectivity index (χ0v) is 33.3. The fourth-order valence-corrected chi connectivity index (χ4v) is 5.88. The molecule has 15 heteroatoms. The molecule has 3 rings (SSSR count). The highest BCUT2D eigenvalue weighted by molar-refractivity contribution is 6.39. The Kier molecular flexibility index (Phi) is 15.2. The van der Waals surface area contributed by atoms with Gasteiger partial charge < -0.3 is 24.8 Å². The highest BCUT2D eigenvalue weighted by Crippen LogP contribution is 2.30. The van der Waals surface area contributed by atoms with E-state index in [9.17, 15) is 28.8 Å². The van der Waals surface area contributed by atoms with E-state index in [-0.39, 0.29) is 40.8 Å². The molecule has 0 spiro atoms. The van der Waals surface area contributed by atoms with Gasteiger partial charge in [-0.25, -0.2) is 4.79 Å². The molecule has 2 aromatic carbocycles. The quantitative estimate of drug-likeness (QED) is 0.143. The second-order valence-corrected chi connectivity index (χ2v) is 16.0. The predicted octanol–water partition coefficient (Wildman–Crippen LogP) is 5.60. The summed E-state index contributed by atoms with van der Waals surface area (Å²) in [5, 5.41) is 5.54. The first-order valence-corrected chi connectivity index (χ1v) is 18.2. The van der Waals surface area contributed by atoms with Crippen molar-refractivity contribution in [1.82, 2.24) is 16.1 Å². The van der Waals surface area contributed by atoms with Crippen molar-refractivity contribution in [3.8, 4) is 0 Å². The molecule has 2 aromatic rings. The van der Waals surface area contributed by atoms with Gasteiger partial charge in [-0.15, -0.1) is 0 Å². The molecule has 1 heterocycles. The third-order valence-corrected chi connectivity index (χ3v) is 8.36. The van der Waals surface area contributed by atoms with E-state index >= 15 is 0 Å². The van der Waals surface area contributed by atoms with E-state index in [4.69, 9.17) is 42.3 Å². The average Bonchev–Trinajstić information content (AvgIpc) is 3.48. The molecule has 13 nitrogen and oxygen atoms in total. The minimum absolute atomic E-state index is 0.00816. The number of nitrogens with one attached hydrogen (secondary N) is 3. The van der Waals surface area contributed by atoms with Gasteiger partial charge in [0.2, 0.25) is 5.91 Å². The van der Waals surface area contributed by atoms with Gasteiger partial charge in [-0.1, -0.05) is 73.4 Å². The van der Waals surface area contributed by atoms with Crippen molar-refractivity contribution in [3.05, 3.63) is 81.5 Å². The average molecular weight is 791 g/mol. The lowest BCUT2D eigenvalue weighted by Gasteiger charge is -2.28. The summed E-state index contributed by atoms with van der Waals surface area (Å²) in [4.78, 5) is 85.1. The number of benzene rings is 2. The molecule has 2 amide bonds. The first kappa shape index (κ1) is 43.9. The molecular formula is C39H49Cl2N3O10. The van der Waals surface area contributed by atoms with Gasteiger partial charge in [0.25, 0.3) is 5.91 Å². The van der Waals surface area contributed by atoms with Crippen molar-refractivity contribution < 1.29 is 47.8 Å². The number of carbonyl (C=O) groups excluding carboxylic acids is 6. The van der Waals surface area contributed by atoms with Crippen LogP contribution in [0.15, 0.2) is 60.3 Å². The van der Waals surface area contributed by atoms with Crippen LogP contribution >= 0.6 is 23.2 Å². The van der Waals surface area contributed by atoms with Gasteiger partial charge in [0.15, 0.2) is 18.0 Å². The van der Waals surface area contributed by atoms with E-state index in [0.717, 1.165) is 0 Å². The van der Waals surface area contributed by atoms with E-state index in [1.807, 2.05) is 13.8 Å². The Balaban J connectivity index is 1.91. The maximum Gasteiger partial charge on any atom is 0.341 e. The number of amides is 2. The van der Waals surface area contributed by atoms with Gasteiger partial charge in [0.1, 0.15) is 17.2 Å². The molecule has 3 N–H and O–H groups in total. The first-order valence-electron chi connectivity index (χ1n) is 17.5. The van der Waals surface area contributed by atoms with Gasteiger partial charge in [-0.05, 0) is 71.2 Å². The number of hydrogen-bond donors (Lipinski definition) is 3. The summed E-state index contributed by atoms with van der Waals surface area (Å²) in [6.07, 6.45) is 0.623. The molecule has 1 unspecified atom stereocenters. The van der Waals surface area contributed by atoms with Crippen molar-refractivity contribution in [2.24, 2.45) is 5.92 Å². The van der Waals surface area contributed by atoms with Gasteiger partial charge in [-0.3, -0.25) is 34.3 Å². The van der Waals surface area contributed by atoms with Gasteiger partial charge in [0, 0.05) is 12.8 Å². The molecule has 0 fully saturated rings. The fraction of sp³-hybridized carbons (Fsp3) is 0.487. The molecule has 0 aliphatic carbocycles. The number of hydroxylamine groups is 1. The molecule has 0 aromatic heterocycles. The Bertz CT molecular complexity index is 1710. The monoisotopic (exact) mass is 789 g/mol. The molecule has 54 heavy (non-hydrogen) atoms. The maximum absolute atomic E-state index is 14.3. The van der Waals surface area contributed by atoms with Crippen LogP contribution in [0.5, 0.6) is 0 Å². The number of Topliss-reactive ketones (excluding diaryl/α,β-unsaturated/α-hetero) is 1. The number of halogens is 2. The number of esters is 3. The van der Waals surface area contributed by atoms with E-state index < -0.39 is 77.4 Å². The van der Waals surface area contributed by atoms with Crippen LogP contribution in [0.4, 0.5) is 0 Å². The second kappa shape index (κ2) is 18.7. The van der Waals surface area contributed by atoms with E-state index in [0.29, 0.717) is 11.3 Å². The molecular weight excluding hydrogens is 741 g/mol. The van der Waals surface area contributed by atoms with Crippen LogP contribution in [0.1, 0.15) is 90.6 Å². The molecule has 0 radical (unpaired) electrons. The standard InChI is InChI=1S/C39H49Cl2N3O10/c1-23(2)34(43-30(46)17-18-31(47)52-37(3,4)5)28-21-39(54-44-28,20-24-13-10-9-11-14-24)36(50)42-27(19-32(48)53-38(6,7)8)29(45)22-51-35(49)33-25(40)15-12-16-26(33)41/h9-16,21,23,27,34,44H,17-20,22H2,1-8H3,(H,42,50)(H,43,46)/t27-,34-,39?/m0/s1. The van der Waals surface area contributed by atoms with Crippen LogP contribution in [0.2, 0.25) is 10.0 Å². The summed E-state index contributed by atoms with van der Waals surface area (Å²) in [7, 11) is 0. The zero-order chi connectivity index (χ0) is 40.4. The van der Waals surface area contributed by atoms with Crippen LogP contribution in [-0.4, -0.2) is 71.0 Å². The molecule has 294 valence electrons. The van der Waals surface area contributed by atoms with Crippen molar-refractivity contribution >= 4 is 58.7 Å². The maximum atomic E-state index is 14.3. The third kappa shape index (κ3) is 13.4. The summed E-state index contributed by atoms with van der Waals surface area (Å²) in [5.74, 6) is -4.57. The van der Waals surface area contributed by atoms with E-state index in [1.165, 1.54) is 24.3 Å². The van der Waals surface area contributed by atoms with Crippen molar-refractivity contribution in [2.45, 2.75) is 110 Å². The minimum Gasteiger partial charge on any atom is -0.460 e. The van der Waals surface area contributed by atoms with Crippen LogP contribution in [0, 0.1) is 5.92 Å². The molecule has 1 aliphatic rings.